The van der Waals surface area contributed by atoms with E-state index in [1.54, 1.807) is 25.7 Å². The van der Waals surface area contributed by atoms with Crippen LogP contribution < -0.4 is 16.0 Å². The van der Waals surface area contributed by atoms with Gasteiger partial charge in [0.2, 0.25) is 70.9 Å². The van der Waals surface area contributed by atoms with Gasteiger partial charge in [0.05, 0.1) is 30.1 Å². The third kappa shape index (κ3) is 18.8. The van der Waals surface area contributed by atoms with Gasteiger partial charge in [0.1, 0.15) is 53.9 Å². The molecule has 96 heavy (non-hydrogen) atoms. The molecule has 3 aliphatic heterocycles. The number of fused-ring (bicyclic) bond motifs is 1. The number of aryl methyl sites for hydroxylation is 1. The number of halogens is 4. The lowest BCUT2D eigenvalue weighted by Crippen LogP contribution is -2.65. The highest BCUT2D eigenvalue weighted by molar-refractivity contribution is 6.31. The Labute approximate surface area is 568 Å². The predicted molar refractivity (Wildman–Crippen MR) is 353 cm³/mol. The van der Waals surface area contributed by atoms with E-state index < -0.39 is 173 Å². The summed E-state index contributed by atoms with van der Waals surface area (Å²) in [6.45, 7) is 9.58. The van der Waals surface area contributed by atoms with E-state index in [0.29, 0.717) is 57.2 Å². The van der Waals surface area contributed by atoms with Crippen LogP contribution in [0, 0.1) is 17.8 Å². The Bertz CT molecular complexity index is 3010. The third-order valence-corrected chi connectivity index (χ3v) is 21.2. The smallest absolute Gasteiger partial charge is 0.343 e. The molecule has 536 valence electrons. The van der Waals surface area contributed by atoms with Crippen LogP contribution in [-0.4, -0.2) is 251 Å². The van der Waals surface area contributed by atoms with Gasteiger partial charge in [-0.3, -0.25) is 57.5 Å². The number of amides is 12. The summed E-state index contributed by atoms with van der Waals surface area (Å²) in [7, 11) is 9.76. The first-order valence-electron chi connectivity index (χ1n) is 34.3. The summed E-state index contributed by atoms with van der Waals surface area (Å²) in [5.41, 5.74) is -2.36. The van der Waals surface area contributed by atoms with Crippen LogP contribution in [0.4, 0.5) is 13.2 Å². The lowest BCUT2D eigenvalue weighted by molar-refractivity contribution is -0.156. The molecule has 3 N–H and O–H groups in total. The minimum absolute atomic E-state index is 0.0116. The van der Waals surface area contributed by atoms with E-state index in [-0.39, 0.29) is 51.0 Å². The topological polar surface area (TPSA) is 270 Å². The molecule has 9 atom stereocenters. The van der Waals surface area contributed by atoms with E-state index in [4.69, 9.17) is 11.6 Å². The monoisotopic (exact) mass is 1370 g/mol. The van der Waals surface area contributed by atoms with Crippen LogP contribution in [0.25, 0.3) is 0 Å². The molecule has 1 unspecified atom stereocenters. The highest BCUT2D eigenvalue weighted by Crippen LogP contribution is 2.37. The van der Waals surface area contributed by atoms with Crippen LogP contribution in [0.2, 0.25) is 5.02 Å². The number of likely N-dealkylation sites (tertiary alicyclic amines) is 1. The number of nitrogens with zero attached hydrogens (tertiary/aromatic N) is 9. The molecule has 2 aliphatic carbocycles. The van der Waals surface area contributed by atoms with E-state index in [2.05, 4.69) is 16.0 Å². The summed E-state index contributed by atoms with van der Waals surface area (Å²) in [4.78, 5) is 188. The molecule has 2 saturated carbocycles. The first-order chi connectivity index (χ1) is 45.1. The zero-order valence-electron chi connectivity index (χ0n) is 58.5. The highest BCUT2D eigenvalue weighted by Gasteiger charge is 2.51. The molecule has 5 fully saturated rings. The molecule has 6 rings (SSSR count). The summed E-state index contributed by atoms with van der Waals surface area (Å²) in [6, 6.07) is -7.04. The Balaban J connectivity index is 1.41. The van der Waals surface area contributed by atoms with Crippen molar-refractivity contribution < 1.29 is 70.7 Å². The molecule has 0 aromatic heterocycles. The normalized spacial score (nSPS) is 27.2. The van der Waals surface area contributed by atoms with Crippen LogP contribution in [0.1, 0.15) is 168 Å². The standard InChI is InChI=1S/C68H104ClF3N12O12/c1-14-42(4)56-64(94)77(8)39-54(86)76(7)40-55(87)80(11)51(37-45-24-17-15-18-25-45)62(92)79(10)44(6)58(88)73-49(30-28-46-27-29-47(48(69)36-46)68(70,71)72)61(91)84-35-23-26-50(84)60(90)75-67(31-19-20-32-67)66(96)82(13)57(41(2)3)65(95)81(12)52(63(93)83-33-21-16-22-34-83)38-53(85)78(9)43(5)59(89)74-56/h27,29,36,41-45,49-52,56-57H,14-26,28,30-35,37-40H2,1-13H3,(H,73,88)(H,74,89)(H,75,90)/t42-,43-,44+,49-,50?,51-,52-,56-,57-/m0/s1. The Morgan fingerprint density at radius 1 is 0.635 bits per heavy atom. The van der Waals surface area contributed by atoms with Crippen LogP contribution >= 0.6 is 11.6 Å². The maximum Gasteiger partial charge on any atom is 0.417 e. The molecule has 3 heterocycles. The molecule has 1 aromatic carbocycles. The zero-order chi connectivity index (χ0) is 71.4. The number of carbonyl (C=O) groups excluding carboxylic acids is 12. The quantitative estimate of drug-likeness (QED) is 0.299. The van der Waals surface area contributed by atoms with Gasteiger partial charge in [0.25, 0.3) is 0 Å². The lowest BCUT2D eigenvalue weighted by Gasteiger charge is -2.42. The van der Waals surface area contributed by atoms with Crippen molar-refractivity contribution in [3.8, 4) is 0 Å². The van der Waals surface area contributed by atoms with Crippen LogP contribution in [0.3, 0.4) is 0 Å². The average Bonchev–Trinajstić information content (AvgIpc) is 1.45. The first kappa shape index (κ1) is 77.9. The fourth-order valence-electron chi connectivity index (χ4n) is 14.1. The maximum absolute atomic E-state index is 15.4. The number of hydrogen-bond acceptors (Lipinski definition) is 12. The molecule has 3 saturated heterocycles. The number of carbonyl (C=O) groups is 12. The number of rotatable bonds is 9. The second-order valence-electron chi connectivity index (χ2n) is 27.9. The van der Waals surface area contributed by atoms with Crippen molar-refractivity contribution in [2.75, 3.05) is 82.1 Å². The Hall–Kier alpha value is -7.06. The second-order valence-corrected chi connectivity index (χ2v) is 28.3. The fourth-order valence-corrected chi connectivity index (χ4v) is 14.4. The van der Waals surface area contributed by atoms with Gasteiger partial charge >= 0.3 is 6.18 Å². The second kappa shape index (κ2) is 33.9. The van der Waals surface area contributed by atoms with Gasteiger partial charge in [-0.05, 0) is 114 Å². The Morgan fingerprint density at radius 2 is 1.23 bits per heavy atom. The van der Waals surface area contributed by atoms with Crippen LogP contribution in [-0.2, 0) is 70.1 Å². The van der Waals surface area contributed by atoms with Gasteiger partial charge in [0.15, 0.2) is 0 Å². The maximum atomic E-state index is 15.4. The van der Waals surface area contributed by atoms with Crippen molar-refractivity contribution in [1.29, 1.82) is 0 Å². The molecular formula is C68H104ClF3N12O12. The summed E-state index contributed by atoms with van der Waals surface area (Å²) >= 11 is 6.15. The predicted octanol–water partition coefficient (Wildman–Crippen LogP) is 4.86. The Morgan fingerprint density at radius 3 is 1.82 bits per heavy atom. The number of benzene rings is 1. The minimum atomic E-state index is -4.76. The van der Waals surface area contributed by atoms with E-state index in [9.17, 15) is 56.3 Å². The summed E-state index contributed by atoms with van der Waals surface area (Å²) in [5, 5.41) is 8.02. The number of likely N-dealkylation sites (N-methyl/N-ethyl adjacent to an activating group) is 7. The van der Waals surface area contributed by atoms with Crippen molar-refractivity contribution >= 4 is 82.5 Å². The average molecular weight is 1370 g/mol. The summed E-state index contributed by atoms with van der Waals surface area (Å²) < 4.78 is 41.6. The Kier molecular flexibility index (Phi) is 27.6. The number of alkyl halides is 3. The molecule has 0 bridgehead atoms. The summed E-state index contributed by atoms with van der Waals surface area (Å²) in [5.74, 6) is -9.08. The van der Waals surface area contributed by atoms with Gasteiger partial charge < -0.3 is 60.0 Å². The number of nitrogens with one attached hydrogen (secondary N) is 3. The highest BCUT2D eigenvalue weighted by atomic mass is 35.5. The first-order valence-corrected chi connectivity index (χ1v) is 34.6. The SMILES string of the molecule is CC[C@H](C)[C@@H]1NC(=O)[C@H](C)N(C)C(=O)C[C@@H](C(=O)N2CCCCC2)N(C)C(=O)[C@H](C(C)C)N(C)C(=O)C2(CCCC2)NC(=O)C2CCCN2C(=O)[C@H](CCc2ccc(C(F)(F)F)c(Cl)c2)NC(=O)[C@@H](C)N(C)C(=O)[C@H](CC2CCCCC2)N(C)C(=O)CN(C)C(=O)CN(C)C1=O. The van der Waals surface area contributed by atoms with Gasteiger partial charge in [-0.1, -0.05) is 96.7 Å². The minimum Gasteiger partial charge on any atom is -0.343 e. The lowest BCUT2D eigenvalue weighted by atomic mass is 9.84. The molecule has 28 heteroatoms. The third-order valence-electron chi connectivity index (χ3n) is 20.9. The zero-order valence-corrected chi connectivity index (χ0v) is 59.2. The van der Waals surface area contributed by atoms with E-state index in [1.165, 1.54) is 93.7 Å². The van der Waals surface area contributed by atoms with Gasteiger partial charge in [-0.25, -0.2) is 0 Å². The van der Waals surface area contributed by atoms with Gasteiger partial charge in [-0.15, -0.1) is 0 Å². The number of piperidine rings is 1. The van der Waals surface area contributed by atoms with Crippen molar-refractivity contribution in [3.05, 3.63) is 34.3 Å². The van der Waals surface area contributed by atoms with E-state index in [1.807, 2.05) is 6.92 Å². The fraction of sp³-hybridized carbons (Fsp3) is 0.735. The molecule has 24 nitrogen and oxygen atoms in total. The molecule has 1 aromatic rings. The van der Waals surface area contributed by atoms with E-state index in [0.717, 1.165) is 65.4 Å². The van der Waals surface area contributed by atoms with Crippen molar-refractivity contribution in [2.24, 2.45) is 17.8 Å². The largest absolute Gasteiger partial charge is 0.417 e. The van der Waals surface area contributed by atoms with Crippen LogP contribution in [0.5, 0.6) is 0 Å². The van der Waals surface area contributed by atoms with Crippen LogP contribution in [0.15, 0.2) is 18.2 Å². The van der Waals surface area contributed by atoms with Crippen molar-refractivity contribution in [1.82, 2.24) is 60.0 Å². The van der Waals surface area contributed by atoms with Crippen molar-refractivity contribution in [3.63, 3.8) is 0 Å². The summed E-state index contributed by atoms with van der Waals surface area (Å²) in [6.07, 6.45) is 3.29. The molecule has 5 aliphatic rings. The van der Waals surface area contributed by atoms with Gasteiger partial charge in [-0.2, -0.15) is 13.2 Å². The molecule has 0 radical (unpaired) electrons. The molecule has 12 amide bonds. The molecular weight excluding hydrogens is 1270 g/mol. The van der Waals surface area contributed by atoms with E-state index >= 15 is 14.4 Å². The van der Waals surface area contributed by atoms with Gasteiger partial charge in [0, 0.05) is 69.0 Å². The molecule has 1 spiro atoms. The number of hydrogen-bond donors (Lipinski definition) is 3. The van der Waals surface area contributed by atoms with Crippen molar-refractivity contribution in [2.45, 2.75) is 224 Å².